The number of nitrogens with zero attached hydrogens (tertiary/aromatic N) is 1. The zero-order valence-corrected chi connectivity index (χ0v) is 15.9. The van der Waals surface area contributed by atoms with Crippen LogP contribution in [0, 0.1) is 0 Å². The Labute approximate surface area is 146 Å². The van der Waals surface area contributed by atoms with E-state index in [-0.39, 0.29) is 15.8 Å². The maximum atomic E-state index is 12.3. The van der Waals surface area contributed by atoms with Crippen molar-refractivity contribution in [2.45, 2.75) is 28.7 Å². The van der Waals surface area contributed by atoms with Crippen LogP contribution >= 0.6 is 11.3 Å². The van der Waals surface area contributed by atoms with E-state index in [0.717, 1.165) is 31.9 Å². The first-order chi connectivity index (χ1) is 11.2. The summed E-state index contributed by atoms with van der Waals surface area (Å²) >= 11 is 1.65. The van der Waals surface area contributed by atoms with E-state index in [1.165, 1.54) is 17.0 Å². The quantitative estimate of drug-likeness (QED) is 0.809. The zero-order valence-electron chi connectivity index (χ0n) is 13.5. The molecule has 1 unspecified atom stereocenters. The summed E-state index contributed by atoms with van der Waals surface area (Å²) in [4.78, 5) is 3.38. The molecule has 0 N–H and O–H groups in total. The predicted molar refractivity (Wildman–Crippen MR) is 96.3 cm³/mol. The first kappa shape index (κ1) is 17.4. The monoisotopic (exact) mass is 385 g/mol. The summed E-state index contributed by atoms with van der Waals surface area (Å²) in [6.07, 6.45) is 4.13. The average molecular weight is 386 g/mol. The lowest BCUT2D eigenvalue weighted by Gasteiger charge is -2.28. The van der Waals surface area contributed by atoms with Gasteiger partial charge in [-0.1, -0.05) is 6.07 Å². The molecule has 1 saturated heterocycles. The van der Waals surface area contributed by atoms with Crippen LogP contribution < -0.4 is 4.90 Å². The normalized spacial score (nSPS) is 18.9. The van der Waals surface area contributed by atoms with E-state index in [1.54, 1.807) is 17.4 Å². The molecule has 2 aromatic rings. The molecule has 24 heavy (non-hydrogen) atoms. The lowest BCUT2D eigenvalue weighted by atomic mass is 10.1. The molecule has 0 aliphatic carbocycles. The van der Waals surface area contributed by atoms with Crippen molar-refractivity contribution < 1.29 is 16.8 Å². The fourth-order valence-electron chi connectivity index (χ4n) is 3.09. The topological polar surface area (TPSA) is 71.5 Å². The van der Waals surface area contributed by atoms with Crippen molar-refractivity contribution in [3.05, 3.63) is 40.6 Å². The number of thiophene rings is 1. The molecule has 0 spiro atoms. The van der Waals surface area contributed by atoms with Crippen molar-refractivity contribution in [2.24, 2.45) is 0 Å². The summed E-state index contributed by atoms with van der Waals surface area (Å²) in [6.45, 7) is 0.753. The van der Waals surface area contributed by atoms with Gasteiger partial charge in [-0.2, -0.15) is 0 Å². The molecule has 1 aromatic heterocycles. The van der Waals surface area contributed by atoms with E-state index in [0.29, 0.717) is 5.69 Å². The van der Waals surface area contributed by atoms with E-state index in [2.05, 4.69) is 11.0 Å². The molecule has 5 nitrogen and oxygen atoms in total. The van der Waals surface area contributed by atoms with Crippen LogP contribution in [-0.2, 0) is 19.7 Å². The van der Waals surface area contributed by atoms with Crippen molar-refractivity contribution in [3.8, 4) is 0 Å². The van der Waals surface area contributed by atoms with Crippen molar-refractivity contribution in [1.29, 1.82) is 0 Å². The van der Waals surface area contributed by atoms with Gasteiger partial charge in [-0.05, 0) is 42.5 Å². The van der Waals surface area contributed by atoms with Gasteiger partial charge in [0.05, 0.1) is 21.5 Å². The van der Waals surface area contributed by atoms with Gasteiger partial charge in [0.15, 0.2) is 19.7 Å². The smallest absolute Gasteiger partial charge is 0.177 e. The number of anilines is 1. The molecule has 0 amide bonds. The first-order valence-electron chi connectivity index (χ1n) is 7.52. The maximum Gasteiger partial charge on any atom is 0.177 e. The molecule has 1 atom stereocenters. The highest BCUT2D eigenvalue weighted by Crippen LogP contribution is 2.41. The number of sulfone groups is 2. The van der Waals surface area contributed by atoms with Gasteiger partial charge < -0.3 is 4.90 Å². The maximum absolute atomic E-state index is 12.3. The number of hydrogen-bond donors (Lipinski definition) is 0. The summed E-state index contributed by atoms with van der Waals surface area (Å²) in [5, 5.41) is 2.01. The lowest BCUT2D eigenvalue weighted by Crippen LogP contribution is -2.24. The average Bonchev–Trinajstić information content (AvgIpc) is 3.15. The van der Waals surface area contributed by atoms with Crippen LogP contribution in [0.1, 0.15) is 23.8 Å². The second-order valence-corrected chi connectivity index (χ2v) is 11.0. The Morgan fingerprint density at radius 3 is 2.42 bits per heavy atom. The summed E-state index contributed by atoms with van der Waals surface area (Å²) < 4.78 is 48.1. The molecule has 8 heteroatoms. The van der Waals surface area contributed by atoms with Crippen molar-refractivity contribution >= 4 is 36.7 Å². The fourth-order valence-corrected chi connectivity index (χ4v) is 5.59. The van der Waals surface area contributed by atoms with Crippen molar-refractivity contribution in [1.82, 2.24) is 0 Å². The highest BCUT2D eigenvalue weighted by Gasteiger charge is 2.31. The second-order valence-electron chi connectivity index (χ2n) is 6.04. The summed E-state index contributed by atoms with van der Waals surface area (Å²) in [5.74, 6) is 0. The van der Waals surface area contributed by atoms with Crippen LogP contribution in [0.2, 0.25) is 0 Å². The minimum atomic E-state index is -3.55. The van der Waals surface area contributed by atoms with Gasteiger partial charge in [-0.25, -0.2) is 16.8 Å². The Kier molecular flexibility index (Phi) is 4.48. The molecule has 1 fully saturated rings. The third-order valence-corrected chi connectivity index (χ3v) is 7.40. The van der Waals surface area contributed by atoms with Gasteiger partial charge in [0.2, 0.25) is 0 Å². The van der Waals surface area contributed by atoms with E-state index in [9.17, 15) is 16.8 Å². The molecular formula is C16H19NO4S3. The SMILES string of the molecule is CS(=O)(=O)c1ccc(N2CCCC2c2cccs2)c(S(C)(=O)=O)c1. The molecular weight excluding hydrogens is 366 g/mol. The fraction of sp³-hybridized carbons (Fsp3) is 0.375. The Bertz CT molecular complexity index is 947. The van der Waals surface area contributed by atoms with E-state index >= 15 is 0 Å². The summed E-state index contributed by atoms with van der Waals surface area (Å²) in [5.41, 5.74) is 0.584. The van der Waals surface area contributed by atoms with Crippen LogP contribution in [0.15, 0.2) is 45.5 Å². The Hall–Kier alpha value is -1.38. The van der Waals surface area contributed by atoms with Gasteiger partial charge >= 0.3 is 0 Å². The van der Waals surface area contributed by atoms with Gasteiger partial charge in [-0.3, -0.25) is 0 Å². The Morgan fingerprint density at radius 1 is 1.08 bits per heavy atom. The van der Waals surface area contributed by atoms with Crippen LogP contribution in [0.25, 0.3) is 0 Å². The first-order valence-corrected chi connectivity index (χ1v) is 12.2. The predicted octanol–water partition coefficient (Wildman–Crippen LogP) is 2.90. The number of hydrogen-bond acceptors (Lipinski definition) is 6. The molecule has 0 saturated carbocycles. The summed E-state index contributed by atoms with van der Waals surface area (Å²) in [7, 11) is -7.01. The van der Waals surface area contributed by atoms with Crippen molar-refractivity contribution in [2.75, 3.05) is 24.0 Å². The molecule has 3 rings (SSSR count). The van der Waals surface area contributed by atoms with Crippen LogP contribution in [0.3, 0.4) is 0 Å². The molecule has 1 aliphatic heterocycles. The van der Waals surface area contributed by atoms with Crippen LogP contribution in [-0.4, -0.2) is 35.9 Å². The van der Waals surface area contributed by atoms with Crippen LogP contribution in [0.4, 0.5) is 5.69 Å². The second kappa shape index (κ2) is 6.16. The molecule has 0 radical (unpaired) electrons. The third kappa shape index (κ3) is 3.36. The largest absolute Gasteiger partial charge is 0.363 e. The van der Waals surface area contributed by atoms with E-state index in [4.69, 9.17) is 0 Å². The lowest BCUT2D eigenvalue weighted by molar-refractivity contribution is 0.599. The Balaban J connectivity index is 2.14. The van der Waals surface area contributed by atoms with Gasteiger partial charge in [-0.15, -0.1) is 11.3 Å². The van der Waals surface area contributed by atoms with Gasteiger partial charge in [0, 0.05) is 23.9 Å². The highest BCUT2D eigenvalue weighted by atomic mass is 32.2. The highest BCUT2D eigenvalue weighted by molar-refractivity contribution is 7.91. The molecule has 130 valence electrons. The molecule has 2 heterocycles. The van der Waals surface area contributed by atoms with Crippen LogP contribution in [0.5, 0.6) is 0 Å². The minimum Gasteiger partial charge on any atom is -0.363 e. The standard InChI is InChI=1S/C16H19NO4S3/c1-23(18,19)12-7-8-14(16(11-12)24(2,20)21)17-9-3-5-13(17)15-6-4-10-22-15/h4,6-8,10-11,13H,3,5,9H2,1-2H3. The van der Waals surface area contributed by atoms with E-state index in [1.807, 2.05) is 11.4 Å². The molecule has 1 aliphatic rings. The number of benzene rings is 1. The zero-order chi connectivity index (χ0) is 17.5. The van der Waals surface area contributed by atoms with E-state index < -0.39 is 19.7 Å². The summed E-state index contributed by atoms with van der Waals surface area (Å²) in [6, 6.07) is 8.57. The molecule has 0 bridgehead atoms. The number of rotatable bonds is 4. The minimum absolute atomic E-state index is 0.0264. The Morgan fingerprint density at radius 2 is 1.83 bits per heavy atom. The van der Waals surface area contributed by atoms with Gasteiger partial charge in [0.25, 0.3) is 0 Å². The molecule has 1 aromatic carbocycles. The third-order valence-electron chi connectivity index (χ3n) is 4.19. The van der Waals surface area contributed by atoms with Crippen molar-refractivity contribution in [3.63, 3.8) is 0 Å². The van der Waals surface area contributed by atoms with Gasteiger partial charge in [0.1, 0.15) is 0 Å².